The maximum absolute atomic E-state index is 12.2. The van der Waals surface area contributed by atoms with Crippen LogP contribution in [0.15, 0.2) is 0 Å². The lowest BCUT2D eigenvalue weighted by molar-refractivity contribution is -0.127. The van der Waals surface area contributed by atoms with Gasteiger partial charge in [-0.3, -0.25) is 4.79 Å². The number of likely N-dealkylation sites (tertiary alicyclic amines) is 1. The standard InChI is InChI=1S/C15H29N3O/c1-12-2-4-13(5-3-12)15(19)17-14-6-9-18(10-7-14)11-8-16/h12-14H,2-11,16H2,1H3,(H,17,19). The molecule has 0 radical (unpaired) electrons. The monoisotopic (exact) mass is 267 g/mol. The van der Waals surface area contributed by atoms with E-state index in [1.165, 1.54) is 12.8 Å². The molecule has 19 heavy (non-hydrogen) atoms. The van der Waals surface area contributed by atoms with Crippen molar-refractivity contribution < 1.29 is 4.79 Å². The van der Waals surface area contributed by atoms with Gasteiger partial charge in [0.05, 0.1) is 0 Å². The van der Waals surface area contributed by atoms with Crippen molar-refractivity contribution in [1.29, 1.82) is 0 Å². The van der Waals surface area contributed by atoms with Gasteiger partial charge in [-0.25, -0.2) is 0 Å². The Kier molecular flexibility index (Phi) is 5.64. The summed E-state index contributed by atoms with van der Waals surface area (Å²) in [5.74, 6) is 1.39. The van der Waals surface area contributed by atoms with E-state index >= 15 is 0 Å². The molecule has 110 valence electrons. The van der Waals surface area contributed by atoms with Crippen molar-refractivity contribution in [3.8, 4) is 0 Å². The maximum Gasteiger partial charge on any atom is 0.223 e. The van der Waals surface area contributed by atoms with Gasteiger partial charge in [0.2, 0.25) is 5.91 Å². The molecule has 1 aliphatic carbocycles. The van der Waals surface area contributed by atoms with Crippen LogP contribution >= 0.6 is 0 Å². The lowest BCUT2D eigenvalue weighted by atomic mass is 9.82. The number of piperidine rings is 1. The second-order valence-electron chi connectivity index (χ2n) is 6.37. The zero-order chi connectivity index (χ0) is 13.7. The first-order chi connectivity index (χ1) is 9.19. The first-order valence-corrected chi connectivity index (χ1v) is 7.92. The van der Waals surface area contributed by atoms with Crippen LogP contribution in [-0.2, 0) is 4.79 Å². The van der Waals surface area contributed by atoms with Crippen molar-refractivity contribution >= 4 is 5.91 Å². The molecule has 2 fully saturated rings. The highest BCUT2D eigenvalue weighted by Gasteiger charge is 2.27. The summed E-state index contributed by atoms with van der Waals surface area (Å²) in [4.78, 5) is 14.6. The van der Waals surface area contributed by atoms with Gasteiger partial charge in [-0.2, -0.15) is 0 Å². The molecule has 1 saturated carbocycles. The first kappa shape index (κ1) is 14.8. The Labute approximate surface area is 117 Å². The Morgan fingerprint density at radius 2 is 1.79 bits per heavy atom. The van der Waals surface area contributed by atoms with Gasteiger partial charge in [-0.1, -0.05) is 6.92 Å². The number of nitrogens with two attached hydrogens (primary N) is 1. The van der Waals surface area contributed by atoms with Crippen molar-refractivity contribution in [2.75, 3.05) is 26.2 Å². The molecule has 1 aliphatic heterocycles. The summed E-state index contributed by atoms with van der Waals surface area (Å²) in [5, 5.41) is 3.27. The van der Waals surface area contributed by atoms with E-state index in [0.29, 0.717) is 11.9 Å². The normalized spacial score (nSPS) is 30.2. The highest BCUT2D eigenvalue weighted by atomic mass is 16.1. The van der Waals surface area contributed by atoms with E-state index < -0.39 is 0 Å². The SMILES string of the molecule is CC1CCC(C(=O)NC2CCN(CCN)CC2)CC1. The molecule has 0 bridgehead atoms. The summed E-state index contributed by atoms with van der Waals surface area (Å²) < 4.78 is 0. The van der Waals surface area contributed by atoms with Crippen LogP contribution in [-0.4, -0.2) is 43.0 Å². The van der Waals surface area contributed by atoms with Crippen LogP contribution in [0, 0.1) is 11.8 Å². The van der Waals surface area contributed by atoms with Gasteiger partial charge in [0.25, 0.3) is 0 Å². The zero-order valence-electron chi connectivity index (χ0n) is 12.2. The second-order valence-corrected chi connectivity index (χ2v) is 6.37. The average molecular weight is 267 g/mol. The molecular formula is C15H29N3O. The molecule has 3 N–H and O–H groups in total. The van der Waals surface area contributed by atoms with Gasteiger partial charge < -0.3 is 16.0 Å². The minimum absolute atomic E-state index is 0.276. The lowest BCUT2D eigenvalue weighted by Gasteiger charge is -2.33. The quantitative estimate of drug-likeness (QED) is 0.808. The number of nitrogens with zero attached hydrogens (tertiary/aromatic N) is 1. The Balaban J connectivity index is 1.69. The molecule has 0 aromatic carbocycles. The number of rotatable bonds is 4. The maximum atomic E-state index is 12.2. The van der Waals surface area contributed by atoms with Crippen LogP contribution in [0.1, 0.15) is 45.4 Å². The van der Waals surface area contributed by atoms with Crippen molar-refractivity contribution in [3.05, 3.63) is 0 Å². The number of carbonyl (C=O) groups is 1. The molecule has 2 aliphatic rings. The molecule has 1 amide bonds. The van der Waals surface area contributed by atoms with Crippen molar-refractivity contribution in [1.82, 2.24) is 10.2 Å². The molecule has 2 rings (SSSR count). The molecule has 4 nitrogen and oxygen atoms in total. The highest BCUT2D eigenvalue weighted by molar-refractivity contribution is 5.79. The topological polar surface area (TPSA) is 58.4 Å². The van der Waals surface area contributed by atoms with E-state index in [2.05, 4.69) is 17.1 Å². The second kappa shape index (κ2) is 7.25. The Morgan fingerprint density at radius 3 is 2.37 bits per heavy atom. The number of hydrogen-bond donors (Lipinski definition) is 2. The van der Waals surface area contributed by atoms with Crippen LogP contribution < -0.4 is 11.1 Å². The van der Waals surface area contributed by atoms with Crippen LogP contribution in [0.4, 0.5) is 0 Å². The summed E-state index contributed by atoms with van der Waals surface area (Å²) in [6, 6.07) is 0.390. The minimum Gasteiger partial charge on any atom is -0.353 e. The molecular weight excluding hydrogens is 238 g/mol. The van der Waals surface area contributed by atoms with Gasteiger partial charge in [-0.15, -0.1) is 0 Å². The van der Waals surface area contributed by atoms with Gasteiger partial charge in [0.1, 0.15) is 0 Å². The molecule has 0 unspecified atom stereocenters. The van der Waals surface area contributed by atoms with Gasteiger partial charge in [-0.05, 0) is 44.4 Å². The van der Waals surface area contributed by atoms with Gasteiger partial charge in [0.15, 0.2) is 0 Å². The van der Waals surface area contributed by atoms with Crippen molar-refractivity contribution in [2.24, 2.45) is 17.6 Å². The van der Waals surface area contributed by atoms with Crippen LogP contribution in [0.3, 0.4) is 0 Å². The Morgan fingerprint density at radius 1 is 1.16 bits per heavy atom. The molecule has 0 aromatic heterocycles. The number of nitrogens with one attached hydrogen (secondary N) is 1. The summed E-state index contributed by atoms with van der Waals surface area (Å²) in [6.45, 7) is 6.16. The Bertz CT molecular complexity index is 279. The third-order valence-corrected chi connectivity index (χ3v) is 4.77. The third kappa shape index (κ3) is 4.46. The van der Waals surface area contributed by atoms with E-state index in [1.54, 1.807) is 0 Å². The third-order valence-electron chi connectivity index (χ3n) is 4.77. The van der Waals surface area contributed by atoms with E-state index in [4.69, 9.17) is 5.73 Å². The summed E-state index contributed by atoms with van der Waals surface area (Å²) in [5.41, 5.74) is 5.57. The smallest absolute Gasteiger partial charge is 0.223 e. The summed E-state index contributed by atoms with van der Waals surface area (Å²) >= 11 is 0. The minimum atomic E-state index is 0.276. The van der Waals surface area contributed by atoms with Gasteiger partial charge in [0, 0.05) is 38.1 Å². The van der Waals surface area contributed by atoms with Crippen LogP contribution in [0.25, 0.3) is 0 Å². The first-order valence-electron chi connectivity index (χ1n) is 7.92. The van der Waals surface area contributed by atoms with E-state index in [1.807, 2.05) is 0 Å². The van der Waals surface area contributed by atoms with Crippen molar-refractivity contribution in [2.45, 2.75) is 51.5 Å². The largest absolute Gasteiger partial charge is 0.353 e. The molecule has 1 saturated heterocycles. The lowest BCUT2D eigenvalue weighted by Crippen LogP contribution is -2.47. The fourth-order valence-electron chi connectivity index (χ4n) is 3.32. The zero-order valence-corrected chi connectivity index (χ0v) is 12.2. The van der Waals surface area contributed by atoms with E-state index in [0.717, 1.165) is 57.8 Å². The molecule has 4 heteroatoms. The fourth-order valence-corrected chi connectivity index (χ4v) is 3.32. The summed E-state index contributed by atoms with van der Waals surface area (Å²) in [7, 11) is 0. The van der Waals surface area contributed by atoms with E-state index in [-0.39, 0.29) is 5.92 Å². The number of hydrogen-bond acceptors (Lipinski definition) is 3. The van der Waals surface area contributed by atoms with Crippen LogP contribution in [0.2, 0.25) is 0 Å². The average Bonchev–Trinajstić information content (AvgIpc) is 2.42. The number of amides is 1. The van der Waals surface area contributed by atoms with E-state index in [9.17, 15) is 4.79 Å². The summed E-state index contributed by atoms with van der Waals surface area (Å²) in [6.07, 6.45) is 6.75. The van der Waals surface area contributed by atoms with Gasteiger partial charge >= 0.3 is 0 Å². The van der Waals surface area contributed by atoms with Crippen LogP contribution in [0.5, 0.6) is 0 Å². The molecule has 0 aromatic rings. The predicted octanol–water partition coefficient (Wildman–Crippen LogP) is 1.35. The molecule has 0 atom stereocenters. The molecule has 1 heterocycles. The predicted molar refractivity (Wildman–Crippen MR) is 77.8 cm³/mol. The fraction of sp³-hybridized carbons (Fsp3) is 0.933. The van der Waals surface area contributed by atoms with Crippen molar-refractivity contribution in [3.63, 3.8) is 0 Å². The highest BCUT2D eigenvalue weighted by Crippen LogP contribution is 2.28. The number of carbonyl (C=O) groups excluding carboxylic acids is 1. The molecule has 0 spiro atoms. The Hall–Kier alpha value is -0.610.